The predicted molar refractivity (Wildman–Crippen MR) is 65.4 cm³/mol. The van der Waals surface area contributed by atoms with Gasteiger partial charge in [0.1, 0.15) is 5.75 Å². The molecule has 0 fully saturated rings. The molecule has 0 atom stereocenters. The van der Waals surface area contributed by atoms with E-state index in [1.165, 1.54) is 0 Å². The van der Waals surface area contributed by atoms with Crippen LogP contribution in [0.5, 0.6) is 5.75 Å². The molecule has 84 valence electrons. The third-order valence-electron chi connectivity index (χ3n) is 2.27. The van der Waals surface area contributed by atoms with Crippen molar-refractivity contribution < 1.29 is 9.53 Å². The number of carbonyl (C=O) groups excluding carboxylic acids is 1. The van der Waals surface area contributed by atoms with E-state index < -0.39 is 0 Å². The summed E-state index contributed by atoms with van der Waals surface area (Å²) < 4.78 is 5.17. The number of carbonyl (C=O) groups is 1. The maximum absolute atomic E-state index is 11.4. The van der Waals surface area contributed by atoms with E-state index in [0.29, 0.717) is 11.3 Å². The van der Waals surface area contributed by atoms with Crippen LogP contribution in [-0.4, -0.2) is 5.97 Å². The van der Waals surface area contributed by atoms with Gasteiger partial charge in [-0.2, -0.15) is 0 Å². The minimum absolute atomic E-state index is 0.307. The highest BCUT2D eigenvalue weighted by molar-refractivity contribution is 5.89. The zero-order valence-corrected chi connectivity index (χ0v) is 9.69. The van der Waals surface area contributed by atoms with E-state index in [1.807, 2.05) is 25.1 Å². The second-order valence-corrected chi connectivity index (χ2v) is 3.50. The van der Waals surface area contributed by atoms with Crippen LogP contribution in [0.25, 0.3) is 0 Å². The normalized spacial score (nSPS) is 11.0. The Balaban J connectivity index is 2.68. The summed E-state index contributed by atoms with van der Waals surface area (Å²) in [5.41, 5.74) is 1.76. The topological polar surface area (TPSA) is 26.3 Å². The molecule has 0 amide bonds. The van der Waals surface area contributed by atoms with Gasteiger partial charge in [-0.05, 0) is 38.0 Å². The molecule has 0 N–H and O–H groups in total. The Morgan fingerprint density at radius 1 is 1.38 bits per heavy atom. The molecule has 0 aliphatic heterocycles. The Morgan fingerprint density at radius 2 is 2.00 bits per heavy atom. The van der Waals surface area contributed by atoms with E-state index in [9.17, 15) is 4.79 Å². The number of benzene rings is 1. The summed E-state index contributed by atoms with van der Waals surface area (Å²) in [4.78, 5) is 11.4. The van der Waals surface area contributed by atoms with Crippen LogP contribution >= 0.6 is 0 Å². The van der Waals surface area contributed by atoms with Crippen LogP contribution in [0.2, 0.25) is 0 Å². The van der Waals surface area contributed by atoms with E-state index in [-0.39, 0.29) is 5.97 Å². The van der Waals surface area contributed by atoms with E-state index >= 15 is 0 Å². The minimum atomic E-state index is -0.307. The van der Waals surface area contributed by atoms with Gasteiger partial charge in [-0.1, -0.05) is 24.3 Å². The largest absolute Gasteiger partial charge is 0.423 e. The molecule has 2 nitrogen and oxygen atoms in total. The third kappa shape index (κ3) is 3.39. The lowest BCUT2D eigenvalue weighted by molar-refractivity contribution is -0.130. The molecular formula is C14H16O2. The highest BCUT2D eigenvalue weighted by Gasteiger charge is 2.05. The summed E-state index contributed by atoms with van der Waals surface area (Å²) >= 11 is 0. The first kappa shape index (κ1) is 12.2. The number of allylic oxidation sites excluding steroid dienone is 2. The summed E-state index contributed by atoms with van der Waals surface area (Å²) in [6.45, 7) is 7.21. The van der Waals surface area contributed by atoms with Crippen molar-refractivity contribution in [3.05, 3.63) is 54.1 Å². The van der Waals surface area contributed by atoms with Gasteiger partial charge in [0.05, 0.1) is 0 Å². The summed E-state index contributed by atoms with van der Waals surface area (Å²) in [5, 5.41) is 0. The van der Waals surface area contributed by atoms with Gasteiger partial charge in [-0.3, -0.25) is 0 Å². The lowest BCUT2D eigenvalue weighted by atomic mass is 10.1. The SMILES string of the molecule is C=CCc1ccc(OC(=O)/C(C)=C\C)cc1. The molecule has 0 saturated heterocycles. The number of esters is 1. The fourth-order valence-electron chi connectivity index (χ4n) is 1.17. The van der Waals surface area contributed by atoms with Crippen molar-refractivity contribution in [2.75, 3.05) is 0 Å². The molecule has 0 saturated carbocycles. The van der Waals surface area contributed by atoms with Crippen LogP contribution in [0.3, 0.4) is 0 Å². The van der Waals surface area contributed by atoms with Gasteiger partial charge in [0.15, 0.2) is 0 Å². The highest BCUT2D eigenvalue weighted by Crippen LogP contribution is 2.14. The smallest absolute Gasteiger partial charge is 0.338 e. The van der Waals surface area contributed by atoms with Gasteiger partial charge in [0.2, 0.25) is 0 Å². The molecule has 2 heteroatoms. The zero-order chi connectivity index (χ0) is 12.0. The van der Waals surface area contributed by atoms with Crippen molar-refractivity contribution in [3.63, 3.8) is 0 Å². The average Bonchev–Trinajstić information content (AvgIpc) is 2.31. The summed E-state index contributed by atoms with van der Waals surface area (Å²) in [6.07, 6.45) is 4.39. The Morgan fingerprint density at radius 3 is 2.50 bits per heavy atom. The lowest BCUT2D eigenvalue weighted by Crippen LogP contribution is -2.08. The molecule has 0 bridgehead atoms. The summed E-state index contributed by atoms with van der Waals surface area (Å²) in [6, 6.07) is 7.43. The zero-order valence-electron chi connectivity index (χ0n) is 9.69. The standard InChI is InChI=1S/C14H16O2/c1-4-6-12-7-9-13(10-8-12)16-14(15)11(3)5-2/h4-5,7-10H,1,6H2,2-3H3/b11-5-. The number of hydrogen-bond donors (Lipinski definition) is 0. The van der Waals surface area contributed by atoms with Crippen molar-refractivity contribution in [1.29, 1.82) is 0 Å². The molecule has 0 unspecified atom stereocenters. The van der Waals surface area contributed by atoms with Crippen molar-refractivity contribution in [1.82, 2.24) is 0 Å². The van der Waals surface area contributed by atoms with Crippen molar-refractivity contribution in [2.45, 2.75) is 20.3 Å². The Bertz CT molecular complexity index is 399. The number of rotatable bonds is 4. The predicted octanol–water partition coefficient (Wildman–Crippen LogP) is 3.29. The van der Waals surface area contributed by atoms with Crippen LogP contribution in [0, 0.1) is 0 Å². The average molecular weight is 216 g/mol. The Labute approximate surface area is 96.2 Å². The molecule has 1 aromatic carbocycles. The minimum Gasteiger partial charge on any atom is -0.423 e. The van der Waals surface area contributed by atoms with E-state index in [1.54, 1.807) is 25.1 Å². The second-order valence-electron chi connectivity index (χ2n) is 3.50. The first-order valence-electron chi connectivity index (χ1n) is 5.22. The summed E-state index contributed by atoms with van der Waals surface area (Å²) in [5.74, 6) is 0.262. The maximum Gasteiger partial charge on any atom is 0.338 e. The van der Waals surface area contributed by atoms with E-state index in [4.69, 9.17) is 4.74 Å². The molecule has 16 heavy (non-hydrogen) atoms. The van der Waals surface area contributed by atoms with Crippen LogP contribution in [-0.2, 0) is 11.2 Å². The van der Waals surface area contributed by atoms with Crippen LogP contribution in [0.4, 0.5) is 0 Å². The van der Waals surface area contributed by atoms with Crippen molar-refractivity contribution in [2.24, 2.45) is 0 Å². The highest BCUT2D eigenvalue weighted by atomic mass is 16.5. The molecular weight excluding hydrogens is 200 g/mol. The number of ether oxygens (including phenoxy) is 1. The van der Waals surface area contributed by atoms with Gasteiger partial charge in [0.25, 0.3) is 0 Å². The fraction of sp³-hybridized carbons (Fsp3) is 0.214. The van der Waals surface area contributed by atoms with Crippen LogP contribution in [0.1, 0.15) is 19.4 Å². The Kier molecular flexibility index (Phi) is 4.52. The first-order chi connectivity index (χ1) is 7.67. The third-order valence-corrected chi connectivity index (χ3v) is 2.27. The Hall–Kier alpha value is -1.83. The van der Waals surface area contributed by atoms with Gasteiger partial charge in [0, 0.05) is 5.57 Å². The number of hydrogen-bond acceptors (Lipinski definition) is 2. The fourth-order valence-corrected chi connectivity index (χ4v) is 1.17. The molecule has 0 spiro atoms. The molecule has 1 aromatic rings. The first-order valence-corrected chi connectivity index (χ1v) is 5.22. The monoisotopic (exact) mass is 216 g/mol. The molecule has 0 aliphatic carbocycles. The molecule has 0 radical (unpaired) electrons. The maximum atomic E-state index is 11.4. The molecule has 0 aliphatic rings. The van der Waals surface area contributed by atoms with Crippen molar-refractivity contribution in [3.8, 4) is 5.75 Å². The quantitative estimate of drug-likeness (QED) is 0.334. The van der Waals surface area contributed by atoms with Crippen LogP contribution < -0.4 is 4.74 Å². The van der Waals surface area contributed by atoms with Gasteiger partial charge >= 0.3 is 5.97 Å². The molecule has 1 rings (SSSR count). The second kappa shape index (κ2) is 5.91. The summed E-state index contributed by atoms with van der Waals surface area (Å²) in [7, 11) is 0. The van der Waals surface area contributed by atoms with Gasteiger partial charge in [-0.15, -0.1) is 6.58 Å². The van der Waals surface area contributed by atoms with Crippen molar-refractivity contribution >= 4 is 5.97 Å². The van der Waals surface area contributed by atoms with Gasteiger partial charge < -0.3 is 4.74 Å². The molecule has 0 aromatic heterocycles. The van der Waals surface area contributed by atoms with E-state index in [2.05, 4.69) is 6.58 Å². The van der Waals surface area contributed by atoms with Gasteiger partial charge in [-0.25, -0.2) is 4.79 Å². The van der Waals surface area contributed by atoms with E-state index in [0.717, 1.165) is 12.0 Å². The lowest BCUT2D eigenvalue weighted by Gasteiger charge is -2.04. The molecule has 0 heterocycles. The van der Waals surface area contributed by atoms with Crippen LogP contribution in [0.15, 0.2) is 48.6 Å².